The second-order valence-electron chi connectivity index (χ2n) is 6.68. The van der Waals surface area contributed by atoms with Crippen LogP contribution in [0.5, 0.6) is 0 Å². The lowest BCUT2D eigenvalue weighted by Gasteiger charge is -2.30. The molecule has 5 nitrogen and oxygen atoms in total. The maximum Gasteiger partial charge on any atom is 0.248 e. The fraction of sp³-hybridized carbons (Fsp3) is 0.350. The van der Waals surface area contributed by atoms with E-state index >= 15 is 0 Å². The molecule has 0 aliphatic carbocycles. The van der Waals surface area contributed by atoms with E-state index in [-0.39, 0.29) is 5.91 Å². The average Bonchev–Trinajstić information content (AvgIpc) is 2.51. The first-order valence-corrected chi connectivity index (χ1v) is 10.4. The molecule has 1 N–H and O–H groups in total. The molecule has 0 aliphatic heterocycles. The highest BCUT2D eigenvalue weighted by Gasteiger charge is 2.31. The maximum absolute atomic E-state index is 12.9. The van der Waals surface area contributed by atoms with E-state index in [0.29, 0.717) is 17.8 Å². The molecule has 6 heteroatoms. The molecule has 0 radical (unpaired) electrons. The van der Waals surface area contributed by atoms with E-state index in [4.69, 9.17) is 0 Å². The Bertz CT molecular complexity index is 870. The molecule has 2 rings (SSSR count). The van der Waals surface area contributed by atoms with Gasteiger partial charge in [0.25, 0.3) is 0 Å². The molecule has 1 amide bonds. The molecular weight excluding hydrogens is 348 g/mol. The van der Waals surface area contributed by atoms with E-state index in [1.807, 2.05) is 51.1 Å². The van der Waals surface area contributed by atoms with Crippen molar-refractivity contribution in [1.82, 2.24) is 0 Å². The Hall–Kier alpha value is -2.34. The second-order valence-corrected chi connectivity index (χ2v) is 8.54. The van der Waals surface area contributed by atoms with Crippen LogP contribution in [0.3, 0.4) is 0 Å². The number of sulfonamides is 1. The standard InChI is InChI=1S/C20H26N2O3S/c1-6-19(20(23)21-17-12-15(3)11-16(4)13-17)22(26(5,24)25)18-9-7-14(2)8-10-18/h7-13,19H,6H2,1-5H3,(H,21,23). The maximum atomic E-state index is 12.9. The number of amides is 1. The molecule has 140 valence electrons. The minimum atomic E-state index is -3.62. The summed E-state index contributed by atoms with van der Waals surface area (Å²) < 4.78 is 26.1. The summed E-state index contributed by atoms with van der Waals surface area (Å²) in [5.41, 5.74) is 4.25. The molecular formula is C20H26N2O3S. The number of hydrogen-bond donors (Lipinski definition) is 1. The molecule has 1 unspecified atom stereocenters. The Morgan fingerprint density at radius 2 is 1.54 bits per heavy atom. The lowest BCUT2D eigenvalue weighted by atomic mass is 10.1. The van der Waals surface area contributed by atoms with Crippen molar-refractivity contribution in [3.63, 3.8) is 0 Å². The Labute approximate surface area is 156 Å². The Morgan fingerprint density at radius 3 is 2.00 bits per heavy atom. The Morgan fingerprint density at radius 1 is 1.00 bits per heavy atom. The largest absolute Gasteiger partial charge is 0.324 e. The summed E-state index contributed by atoms with van der Waals surface area (Å²) in [6, 6.07) is 12.1. The zero-order chi connectivity index (χ0) is 19.5. The quantitative estimate of drug-likeness (QED) is 0.836. The number of benzene rings is 2. The number of rotatable bonds is 6. The minimum Gasteiger partial charge on any atom is -0.324 e. The zero-order valence-electron chi connectivity index (χ0n) is 15.9. The van der Waals surface area contributed by atoms with Crippen LogP contribution >= 0.6 is 0 Å². The van der Waals surface area contributed by atoms with Crippen molar-refractivity contribution in [1.29, 1.82) is 0 Å². The van der Waals surface area contributed by atoms with Gasteiger partial charge in [-0.25, -0.2) is 8.42 Å². The third-order valence-corrected chi connectivity index (χ3v) is 5.29. The van der Waals surface area contributed by atoms with Crippen molar-refractivity contribution >= 4 is 27.3 Å². The summed E-state index contributed by atoms with van der Waals surface area (Å²) in [4.78, 5) is 12.9. The highest BCUT2D eigenvalue weighted by atomic mass is 32.2. The smallest absolute Gasteiger partial charge is 0.248 e. The van der Waals surface area contributed by atoms with Crippen molar-refractivity contribution < 1.29 is 13.2 Å². The van der Waals surface area contributed by atoms with Crippen molar-refractivity contribution in [3.05, 3.63) is 59.2 Å². The monoisotopic (exact) mass is 374 g/mol. The third-order valence-electron chi connectivity index (χ3n) is 4.11. The van der Waals surface area contributed by atoms with E-state index in [9.17, 15) is 13.2 Å². The van der Waals surface area contributed by atoms with Gasteiger partial charge in [0.05, 0.1) is 11.9 Å². The predicted octanol–water partition coefficient (Wildman–Crippen LogP) is 3.80. The van der Waals surface area contributed by atoms with Gasteiger partial charge in [-0.3, -0.25) is 9.10 Å². The van der Waals surface area contributed by atoms with Gasteiger partial charge < -0.3 is 5.32 Å². The normalized spacial score (nSPS) is 12.5. The van der Waals surface area contributed by atoms with E-state index < -0.39 is 16.1 Å². The van der Waals surface area contributed by atoms with Gasteiger partial charge >= 0.3 is 0 Å². The van der Waals surface area contributed by atoms with Crippen LogP contribution < -0.4 is 9.62 Å². The van der Waals surface area contributed by atoms with Crippen LogP contribution in [0.1, 0.15) is 30.0 Å². The van der Waals surface area contributed by atoms with Crippen LogP contribution in [0.2, 0.25) is 0 Å². The van der Waals surface area contributed by atoms with Crippen molar-refractivity contribution in [2.24, 2.45) is 0 Å². The molecule has 0 aliphatic rings. The number of carbonyl (C=O) groups excluding carboxylic acids is 1. The van der Waals surface area contributed by atoms with Crippen molar-refractivity contribution in [3.8, 4) is 0 Å². The lowest BCUT2D eigenvalue weighted by molar-refractivity contribution is -0.117. The first-order chi connectivity index (χ1) is 12.1. The highest BCUT2D eigenvalue weighted by Crippen LogP contribution is 2.24. The third kappa shape index (κ3) is 4.85. The molecule has 0 heterocycles. The van der Waals surface area contributed by atoms with Gasteiger partial charge in [-0.2, -0.15) is 0 Å². The first-order valence-electron chi connectivity index (χ1n) is 8.57. The zero-order valence-corrected chi connectivity index (χ0v) is 16.7. The molecule has 0 spiro atoms. The summed E-state index contributed by atoms with van der Waals surface area (Å²) >= 11 is 0. The van der Waals surface area contributed by atoms with E-state index in [0.717, 1.165) is 22.9 Å². The first kappa shape index (κ1) is 20.0. The van der Waals surface area contributed by atoms with Crippen LogP contribution in [0.4, 0.5) is 11.4 Å². The number of carbonyl (C=O) groups is 1. The van der Waals surface area contributed by atoms with Crippen LogP contribution in [-0.2, 0) is 14.8 Å². The average molecular weight is 375 g/mol. The summed E-state index contributed by atoms with van der Waals surface area (Å²) in [5, 5.41) is 2.86. The van der Waals surface area contributed by atoms with E-state index in [1.54, 1.807) is 19.1 Å². The minimum absolute atomic E-state index is 0.344. The fourth-order valence-electron chi connectivity index (χ4n) is 3.02. The van der Waals surface area contributed by atoms with Gasteiger partial charge in [0.15, 0.2) is 0 Å². The number of hydrogen-bond acceptors (Lipinski definition) is 3. The Balaban J connectivity index is 2.37. The van der Waals surface area contributed by atoms with Gasteiger partial charge in [0, 0.05) is 5.69 Å². The number of nitrogens with one attached hydrogen (secondary N) is 1. The summed E-state index contributed by atoms with van der Waals surface area (Å²) in [6.45, 7) is 7.64. The topological polar surface area (TPSA) is 66.5 Å². The summed E-state index contributed by atoms with van der Waals surface area (Å²) in [5.74, 6) is -0.344. The molecule has 1 atom stereocenters. The Kier molecular flexibility index (Phi) is 6.08. The molecule has 0 bridgehead atoms. The van der Waals surface area contributed by atoms with E-state index in [1.165, 1.54) is 4.31 Å². The van der Waals surface area contributed by atoms with Gasteiger partial charge in [-0.15, -0.1) is 0 Å². The highest BCUT2D eigenvalue weighted by molar-refractivity contribution is 7.92. The summed E-state index contributed by atoms with van der Waals surface area (Å²) in [7, 11) is -3.62. The molecule has 0 saturated heterocycles. The predicted molar refractivity (Wildman–Crippen MR) is 107 cm³/mol. The molecule has 2 aromatic rings. The molecule has 0 aromatic heterocycles. The SMILES string of the molecule is CCC(C(=O)Nc1cc(C)cc(C)c1)N(c1ccc(C)cc1)S(C)(=O)=O. The van der Waals surface area contributed by atoms with Gasteiger partial charge in [-0.05, 0) is 62.6 Å². The van der Waals surface area contributed by atoms with Gasteiger partial charge in [0.2, 0.25) is 15.9 Å². The number of aryl methyl sites for hydroxylation is 3. The fourth-order valence-corrected chi connectivity index (χ4v) is 4.24. The number of anilines is 2. The van der Waals surface area contributed by atoms with Crippen LogP contribution in [-0.4, -0.2) is 26.6 Å². The van der Waals surface area contributed by atoms with Crippen LogP contribution in [0, 0.1) is 20.8 Å². The van der Waals surface area contributed by atoms with Crippen molar-refractivity contribution in [2.75, 3.05) is 15.9 Å². The lowest BCUT2D eigenvalue weighted by Crippen LogP contribution is -2.47. The summed E-state index contributed by atoms with van der Waals surface area (Å²) in [6.07, 6.45) is 1.48. The number of nitrogens with zero attached hydrogens (tertiary/aromatic N) is 1. The van der Waals surface area contributed by atoms with Crippen LogP contribution in [0.15, 0.2) is 42.5 Å². The van der Waals surface area contributed by atoms with Gasteiger partial charge in [0.1, 0.15) is 6.04 Å². The molecule has 0 fully saturated rings. The molecule has 2 aromatic carbocycles. The molecule has 0 saturated carbocycles. The van der Waals surface area contributed by atoms with E-state index in [2.05, 4.69) is 5.32 Å². The van der Waals surface area contributed by atoms with Crippen LogP contribution in [0.25, 0.3) is 0 Å². The van der Waals surface area contributed by atoms with Crippen molar-refractivity contribution in [2.45, 2.75) is 40.2 Å². The molecule has 26 heavy (non-hydrogen) atoms. The second kappa shape index (κ2) is 7.91. The van der Waals surface area contributed by atoms with Gasteiger partial charge in [-0.1, -0.05) is 30.7 Å².